The van der Waals surface area contributed by atoms with Crippen LogP contribution in [0.1, 0.15) is 25.7 Å². The van der Waals surface area contributed by atoms with Gasteiger partial charge in [-0.3, -0.25) is 9.89 Å². The van der Waals surface area contributed by atoms with E-state index < -0.39 is 0 Å². The van der Waals surface area contributed by atoms with Crippen LogP contribution in [0.25, 0.3) is 11.1 Å². The van der Waals surface area contributed by atoms with E-state index in [0.29, 0.717) is 23.8 Å². The number of carbonyl (C=O) groups excluding carboxylic acids is 1. The number of amides is 1. The van der Waals surface area contributed by atoms with E-state index in [-0.39, 0.29) is 5.82 Å². The molecule has 0 saturated carbocycles. The van der Waals surface area contributed by atoms with Gasteiger partial charge in [0.1, 0.15) is 5.82 Å². The summed E-state index contributed by atoms with van der Waals surface area (Å²) in [5, 5.41) is 6.59. The van der Waals surface area contributed by atoms with Crippen molar-refractivity contribution >= 4 is 11.6 Å². The Morgan fingerprint density at radius 2 is 2.08 bits per heavy atom. The number of benzene rings is 1. The molecule has 5 nitrogen and oxygen atoms in total. The summed E-state index contributed by atoms with van der Waals surface area (Å²) in [7, 11) is 0. The summed E-state index contributed by atoms with van der Waals surface area (Å²) in [5.41, 5.74) is 2.26. The number of hydrogen-bond donors (Lipinski definition) is 1. The molecule has 6 heteroatoms. The zero-order valence-corrected chi connectivity index (χ0v) is 14.2. The monoisotopic (exact) mass is 342 g/mol. The Morgan fingerprint density at radius 1 is 1.24 bits per heavy atom. The molecule has 2 aliphatic heterocycles. The fourth-order valence-corrected chi connectivity index (χ4v) is 3.92. The Kier molecular flexibility index (Phi) is 4.42. The maximum absolute atomic E-state index is 14.4. The molecule has 0 unspecified atom stereocenters. The average molecular weight is 342 g/mol. The topological polar surface area (TPSA) is 52.2 Å². The third-order valence-electron chi connectivity index (χ3n) is 5.39. The van der Waals surface area contributed by atoms with E-state index in [1.165, 1.54) is 0 Å². The fraction of sp³-hybridized carbons (Fsp3) is 0.474. The Balaban J connectivity index is 1.37. The van der Waals surface area contributed by atoms with Crippen LogP contribution in [0, 0.1) is 11.7 Å². The third-order valence-corrected chi connectivity index (χ3v) is 5.39. The standard InChI is InChI=1S/C19H23FN4O/c20-18-10-16(3-4-17(18)15-11-21-22-12-15)23-8-5-14(6-9-23)13-24-7-1-2-19(24)25/h3-4,10-12,14H,1-2,5-9,13H2,(H,21,22). The highest BCUT2D eigenvalue weighted by Gasteiger charge is 2.26. The number of hydrogen-bond acceptors (Lipinski definition) is 3. The second kappa shape index (κ2) is 6.86. The Bertz CT molecular complexity index is 738. The molecule has 2 aromatic rings. The number of halogens is 1. The molecule has 2 aliphatic rings. The lowest BCUT2D eigenvalue weighted by Crippen LogP contribution is -2.39. The number of aromatic amines is 1. The minimum atomic E-state index is -0.219. The summed E-state index contributed by atoms with van der Waals surface area (Å²) in [5.74, 6) is 0.649. The fourth-order valence-electron chi connectivity index (χ4n) is 3.92. The summed E-state index contributed by atoms with van der Waals surface area (Å²) in [6.07, 6.45) is 7.14. The number of nitrogens with one attached hydrogen (secondary N) is 1. The molecule has 1 amide bonds. The molecule has 2 fully saturated rings. The molecule has 3 heterocycles. The van der Waals surface area contributed by atoms with Crippen molar-refractivity contribution in [3.05, 3.63) is 36.4 Å². The molecule has 1 aromatic carbocycles. The normalized spacial score (nSPS) is 19.0. The summed E-state index contributed by atoms with van der Waals surface area (Å²) in [6, 6.07) is 5.42. The third kappa shape index (κ3) is 3.38. The van der Waals surface area contributed by atoms with E-state index >= 15 is 0 Å². The van der Waals surface area contributed by atoms with Gasteiger partial charge in [-0.15, -0.1) is 0 Å². The number of rotatable bonds is 4. The van der Waals surface area contributed by atoms with Gasteiger partial charge in [0.15, 0.2) is 0 Å². The minimum Gasteiger partial charge on any atom is -0.371 e. The zero-order chi connectivity index (χ0) is 17.2. The van der Waals surface area contributed by atoms with Gasteiger partial charge >= 0.3 is 0 Å². The highest BCUT2D eigenvalue weighted by Crippen LogP contribution is 2.29. The van der Waals surface area contributed by atoms with Crippen molar-refractivity contribution in [3.63, 3.8) is 0 Å². The second-order valence-electron chi connectivity index (χ2n) is 7.02. The molecular formula is C19H23FN4O. The number of nitrogens with zero attached hydrogens (tertiary/aromatic N) is 3. The van der Waals surface area contributed by atoms with E-state index in [0.717, 1.165) is 56.7 Å². The van der Waals surface area contributed by atoms with Crippen LogP contribution >= 0.6 is 0 Å². The molecule has 4 rings (SSSR count). The second-order valence-corrected chi connectivity index (χ2v) is 7.02. The highest BCUT2D eigenvalue weighted by molar-refractivity contribution is 5.78. The lowest BCUT2D eigenvalue weighted by atomic mass is 9.95. The molecule has 1 aromatic heterocycles. The van der Waals surface area contributed by atoms with Crippen LogP contribution in [0.3, 0.4) is 0 Å². The first-order valence-electron chi connectivity index (χ1n) is 9.02. The van der Waals surface area contributed by atoms with Crippen LogP contribution in [0.15, 0.2) is 30.6 Å². The van der Waals surface area contributed by atoms with Gasteiger partial charge in [-0.2, -0.15) is 5.10 Å². The van der Waals surface area contributed by atoms with Gasteiger partial charge < -0.3 is 9.80 Å². The minimum absolute atomic E-state index is 0.219. The number of carbonyl (C=O) groups is 1. The van der Waals surface area contributed by atoms with Crippen molar-refractivity contribution < 1.29 is 9.18 Å². The summed E-state index contributed by atoms with van der Waals surface area (Å²) >= 11 is 0. The summed E-state index contributed by atoms with van der Waals surface area (Å²) in [4.78, 5) is 16.0. The van der Waals surface area contributed by atoms with Gasteiger partial charge in [0.05, 0.1) is 6.20 Å². The lowest BCUT2D eigenvalue weighted by molar-refractivity contribution is -0.128. The summed E-state index contributed by atoms with van der Waals surface area (Å²) in [6.45, 7) is 3.63. The van der Waals surface area contributed by atoms with E-state index in [9.17, 15) is 9.18 Å². The number of likely N-dealkylation sites (tertiary alicyclic amines) is 1. The number of piperidine rings is 1. The van der Waals surface area contributed by atoms with E-state index in [1.54, 1.807) is 18.5 Å². The highest BCUT2D eigenvalue weighted by atomic mass is 19.1. The van der Waals surface area contributed by atoms with Gasteiger partial charge in [0.25, 0.3) is 0 Å². The lowest BCUT2D eigenvalue weighted by Gasteiger charge is -2.35. The maximum atomic E-state index is 14.4. The predicted octanol–water partition coefficient (Wildman–Crippen LogP) is 3.05. The number of aromatic nitrogens is 2. The van der Waals surface area contributed by atoms with Crippen molar-refractivity contribution in [1.82, 2.24) is 15.1 Å². The van der Waals surface area contributed by atoms with Gasteiger partial charge in [-0.1, -0.05) is 0 Å². The molecule has 132 valence electrons. The smallest absolute Gasteiger partial charge is 0.222 e. The first-order valence-corrected chi connectivity index (χ1v) is 9.02. The molecular weight excluding hydrogens is 319 g/mol. The number of anilines is 1. The average Bonchev–Trinajstić information content (AvgIpc) is 3.28. The number of H-pyrrole nitrogens is 1. The SMILES string of the molecule is O=C1CCCN1CC1CCN(c2ccc(-c3cn[nH]c3)c(F)c2)CC1. The van der Waals surface area contributed by atoms with Crippen LogP contribution in [0.4, 0.5) is 10.1 Å². The molecule has 0 aliphatic carbocycles. The van der Waals surface area contributed by atoms with Crippen LogP contribution < -0.4 is 4.90 Å². The Labute approximate surface area is 146 Å². The van der Waals surface area contributed by atoms with E-state index in [4.69, 9.17) is 0 Å². The first-order chi connectivity index (χ1) is 12.2. The molecule has 0 atom stereocenters. The van der Waals surface area contributed by atoms with Crippen molar-refractivity contribution in [1.29, 1.82) is 0 Å². The Morgan fingerprint density at radius 3 is 2.72 bits per heavy atom. The van der Waals surface area contributed by atoms with Crippen LogP contribution in [0.5, 0.6) is 0 Å². The van der Waals surface area contributed by atoms with Gasteiger partial charge in [-0.05, 0) is 43.4 Å². The Hall–Kier alpha value is -2.37. The van der Waals surface area contributed by atoms with Crippen molar-refractivity contribution in [2.75, 3.05) is 31.1 Å². The molecule has 2 saturated heterocycles. The molecule has 25 heavy (non-hydrogen) atoms. The van der Waals surface area contributed by atoms with Crippen LogP contribution in [-0.4, -0.2) is 47.2 Å². The van der Waals surface area contributed by atoms with Gasteiger partial charge in [-0.25, -0.2) is 4.39 Å². The van der Waals surface area contributed by atoms with Crippen LogP contribution in [-0.2, 0) is 4.79 Å². The maximum Gasteiger partial charge on any atom is 0.222 e. The molecule has 0 radical (unpaired) electrons. The van der Waals surface area contributed by atoms with Crippen molar-refractivity contribution in [2.45, 2.75) is 25.7 Å². The van der Waals surface area contributed by atoms with E-state index in [2.05, 4.69) is 15.1 Å². The van der Waals surface area contributed by atoms with Crippen molar-refractivity contribution in [2.24, 2.45) is 5.92 Å². The van der Waals surface area contributed by atoms with Gasteiger partial charge in [0, 0.05) is 55.6 Å². The predicted molar refractivity (Wildman–Crippen MR) is 94.7 cm³/mol. The van der Waals surface area contributed by atoms with Gasteiger partial charge in [0.2, 0.25) is 5.91 Å². The largest absolute Gasteiger partial charge is 0.371 e. The summed E-state index contributed by atoms with van der Waals surface area (Å²) < 4.78 is 14.4. The quantitative estimate of drug-likeness (QED) is 0.929. The van der Waals surface area contributed by atoms with Crippen molar-refractivity contribution in [3.8, 4) is 11.1 Å². The molecule has 0 bridgehead atoms. The molecule has 0 spiro atoms. The van der Waals surface area contributed by atoms with Crippen LogP contribution in [0.2, 0.25) is 0 Å². The molecule has 1 N–H and O–H groups in total. The van der Waals surface area contributed by atoms with E-state index in [1.807, 2.05) is 17.0 Å². The zero-order valence-electron chi connectivity index (χ0n) is 14.2. The first kappa shape index (κ1) is 16.1.